The van der Waals surface area contributed by atoms with Gasteiger partial charge in [-0.2, -0.15) is 8.78 Å². The van der Waals surface area contributed by atoms with Crippen LogP contribution in [0.25, 0.3) is 0 Å². The van der Waals surface area contributed by atoms with Crippen molar-refractivity contribution in [3.8, 4) is 0 Å². The average Bonchev–Trinajstić information content (AvgIpc) is 2.52. The average molecular weight is 308 g/mol. The topological polar surface area (TPSA) is 17.1 Å². The van der Waals surface area contributed by atoms with Gasteiger partial charge < -0.3 is 0 Å². The minimum atomic E-state index is -3.24. The van der Waals surface area contributed by atoms with Crippen LogP contribution in [0.3, 0.4) is 0 Å². The van der Waals surface area contributed by atoms with Crippen LogP contribution in [0.4, 0.5) is 8.78 Å². The van der Waals surface area contributed by atoms with E-state index in [1.807, 2.05) is 0 Å². The van der Waals surface area contributed by atoms with Gasteiger partial charge in [0.25, 0.3) is 0 Å². The molecular weight excluding hydrogens is 282 g/mol. The summed E-state index contributed by atoms with van der Waals surface area (Å²) in [7, 11) is 0. The molecule has 0 aliphatic heterocycles. The maximum absolute atomic E-state index is 14.0. The third kappa shape index (κ3) is 2.91. The van der Waals surface area contributed by atoms with Crippen molar-refractivity contribution >= 4 is 5.78 Å². The largest absolute Gasteiger partial charge is 0.331 e. The Morgan fingerprint density at radius 1 is 1.09 bits per heavy atom. The number of hydrogen-bond donors (Lipinski definition) is 0. The number of halogens is 2. The van der Waals surface area contributed by atoms with Gasteiger partial charge in [-0.3, -0.25) is 4.79 Å². The highest BCUT2D eigenvalue weighted by Gasteiger charge is 2.46. The molecule has 0 amide bonds. The zero-order valence-electron chi connectivity index (χ0n) is 13.4. The highest BCUT2D eigenvalue weighted by atomic mass is 19.3. The van der Waals surface area contributed by atoms with Crippen LogP contribution >= 0.6 is 0 Å². The number of allylic oxidation sites excluding steroid dienone is 4. The molecule has 0 aromatic heterocycles. The molecule has 1 saturated carbocycles. The van der Waals surface area contributed by atoms with Crippen molar-refractivity contribution in [1.29, 1.82) is 0 Å². The van der Waals surface area contributed by atoms with Gasteiger partial charge in [-0.05, 0) is 61.5 Å². The summed E-state index contributed by atoms with van der Waals surface area (Å²) in [6.07, 6.45) is 12.5. The molecule has 22 heavy (non-hydrogen) atoms. The first kappa shape index (κ1) is 15.9. The first-order chi connectivity index (χ1) is 10.5. The molecule has 0 bridgehead atoms. The van der Waals surface area contributed by atoms with Crippen molar-refractivity contribution in [2.45, 2.75) is 70.6 Å². The fourth-order valence-electron chi connectivity index (χ4n) is 4.71. The SMILES string of the molecule is CCCC1CCC(C2CCC3=C(C=CC(=O)C3(F)F)C2)CC1. The predicted octanol–water partition coefficient (Wildman–Crippen LogP) is 5.46. The van der Waals surface area contributed by atoms with Gasteiger partial charge in [-0.15, -0.1) is 0 Å². The molecule has 1 atom stereocenters. The molecule has 3 heteroatoms. The lowest BCUT2D eigenvalue weighted by molar-refractivity contribution is -0.133. The highest BCUT2D eigenvalue weighted by Crippen LogP contribution is 2.47. The molecule has 0 N–H and O–H groups in total. The van der Waals surface area contributed by atoms with E-state index in [0.29, 0.717) is 18.3 Å². The first-order valence-electron chi connectivity index (χ1n) is 8.85. The van der Waals surface area contributed by atoms with E-state index in [4.69, 9.17) is 0 Å². The Balaban J connectivity index is 1.64. The normalized spacial score (nSPS) is 34.7. The summed E-state index contributed by atoms with van der Waals surface area (Å²) < 4.78 is 28.0. The maximum atomic E-state index is 14.0. The third-order valence-electron chi connectivity index (χ3n) is 6.01. The van der Waals surface area contributed by atoms with Crippen LogP contribution in [-0.2, 0) is 4.79 Å². The Labute approximate surface area is 131 Å². The summed E-state index contributed by atoms with van der Waals surface area (Å²) in [6, 6.07) is 0. The summed E-state index contributed by atoms with van der Waals surface area (Å²) in [5, 5.41) is 0. The van der Waals surface area contributed by atoms with Crippen LogP contribution in [0.1, 0.15) is 64.7 Å². The Morgan fingerprint density at radius 3 is 2.50 bits per heavy atom. The minimum Gasteiger partial charge on any atom is -0.288 e. The molecular formula is C19H26F2O. The van der Waals surface area contributed by atoms with Gasteiger partial charge in [0.1, 0.15) is 0 Å². The van der Waals surface area contributed by atoms with Crippen LogP contribution < -0.4 is 0 Å². The molecule has 3 aliphatic carbocycles. The molecule has 0 spiro atoms. The molecule has 1 fully saturated rings. The lowest BCUT2D eigenvalue weighted by Gasteiger charge is -2.38. The van der Waals surface area contributed by atoms with E-state index in [0.717, 1.165) is 30.4 Å². The van der Waals surface area contributed by atoms with Gasteiger partial charge >= 0.3 is 5.92 Å². The smallest absolute Gasteiger partial charge is 0.288 e. The zero-order chi connectivity index (χ0) is 15.7. The second kappa shape index (κ2) is 6.25. The van der Waals surface area contributed by atoms with Gasteiger partial charge in [0, 0.05) is 5.57 Å². The molecule has 0 heterocycles. The molecule has 122 valence electrons. The molecule has 3 rings (SSSR count). The van der Waals surface area contributed by atoms with Gasteiger partial charge in [0.2, 0.25) is 5.78 Å². The quantitative estimate of drug-likeness (QED) is 0.676. The number of rotatable bonds is 3. The van der Waals surface area contributed by atoms with E-state index in [9.17, 15) is 13.6 Å². The lowest BCUT2D eigenvalue weighted by atomic mass is 9.68. The fourth-order valence-corrected chi connectivity index (χ4v) is 4.71. The Bertz CT molecular complexity index is 496. The van der Waals surface area contributed by atoms with Crippen molar-refractivity contribution in [2.24, 2.45) is 17.8 Å². The van der Waals surface area contributed by atoms with Gasteiger partial charge in [-0.1, -0.05) is 38.7 Å². The minimum absolute atomic E-state index is 0.107. The van der Waals surface area contributed by atoms with Crippen molar-refractivity contribution in [2.75, 3.05) is 0 Å². The molecule has 0 aromatic rings. The number of carbonyl (C=O) groups excluding carboxylic acids is 1. The second-order valence-electron chi connectivity index (χ2n) is 7.35. The van der Waals surface area contributed by atoms with E-state index in [2.05, 4.69) is 6.92 Å². The summed E-state index contributed by atoms with van der Waals surface area (Å²) in [6.45, 7) is 2.25. The Kier molecular flexibility index (Phi) is 4.52. The van der Waals surface area contributed by atoms with Crippen LogP contribution in [-0.4, -0.2) is 11.7 Å². The predicted molar refractivity (Wildman–Crippen MR) is 83.8 cm³/mol. The monoisotopic (exact) mass is 308 g/mol. The van der Waals surface area contributed by atoms with Crippen molar-refractivity contribution in [3.05, 3.63) is 23.3 Å². The van der Waals surface area contributed by atoms with E-state index >= 15 is 0 Å². The standard InChI is InChI=1S/C19H26F2O/c1-2-3-13-4-6-14(7-5-13)15-8-10-17-16(12-15)9-11-18(22)19(17,20)21/h9,11,13-15H,2-8,10,12H2,1H3. The van der Waals surface area contributed by atoms with Crippen molar-refractivity contribution in [3.63, 3.8) is 0 Å². The van der Waals surface area contributed by atoms with Crippen LogP contribution in [0.5, 0.6) is 0 Å². The summed E-state index contributed by atoms with van der Waals surface area (Å²) >= 11 is 0. The van der Waals surface area contributed by atoms with Crippen LogP contribution in [0.15, 0.2) is 23.3 Å². The molecule has 3 aliphatic rings. The van der Waals surface area contributed by atoms with E-state index in [1.165, 1.54) is 38.5 Å². The van der Waals surface area contributed by atoms with Crippen molar-refractivity contribution < 1.29 is 13.6 Å². The summed E-state index contributed by atoms with van der Waals surface area (Å²) in [4.78, 5) is 11.4. The van der Waals surface area contributed by atoms with E-state index in [-0.39, 0.29) is 5.57 Å². The fraction of sp³-hybridized carbons (Fsp3) is 0.737. The molecule has 0 radical (unpaired) electrons. The summed E-state index contributed by atoms with van der Waals surface area (Å²) in [5.41, 5.74) is 0.854. The molecule has 1 nitrogen and oxygen atoms in total. The third-order valence-corrected chi connectivity index (χ3v) is 6.01. The first-order valence-corrected chi connectivity index (χ1v) is 8.85. The van der Waals surface area contributed by atoms with Gasteiger partial charge in [-0.25, -0.2) is 0 Å². The molecule has 1 unspecified atom stereocenters. The highest BCUT2D eigenvalue weighted by molar-refractivity contribution is 6.00. The second-order valence-corrected chi connectivity index (χ2v) is 7.35. The zero-order valence-corrected chi connectivity index (χ0v) is 13.4. The Morgan fingerprint density at radius 2 is 1.82 bits per heavy atom. The molecule has 0 aromatic carbocycles. The van der Waals surface area contributed by atoms with Crippen molar-refractivity contribution in [1.82, 2.24) is 0 Å². The van der Waals surface area contributed by atoms with Crippen LogP contribution in [0, 0.1) is 17.8 Å². The van der Waals surface area contributed by atoms with Gasteiger partial charge in [0.15, 0.2) is 0 Å². The molecule has 0 saturated heterocycles. The maximum Gasteiger partial charge on any atom is 0.331 e. The number of alkyl halides is 2. The summed E-state index contributed by atoms with van der Waals surface area (Å²) in [5.74, 6) is -2.16. The number of ketones is 1. The lowest BCUT2D eigenvalue weighted by Crippen LogP contribution is -2.36. The Hall–Kier alpha value is -0.990. The van der Waals surface area contributed by atoms with E-state index in [1.54, 1.807) is 6.08 Å². The van der Waals surface area contributed by atoms with Gasteiger partial charge in [0.05, 0.1) is 0 Å². The number of carbonyl (C=O) groups is 1. The van der Waals surface area contributed by atoms with E-state index < -0.39 is 11.7 Å². The number of hydrogen-bond acceptors (Lipinski definition) is 1. The van der Waals surface area contributed by atoms with Crippen LogP contribution in [0.2, 0.25) is 0 Å².